The van der Waals surface area contributed by atoms with E-state index < -0.39 is 5.76 Å². The van der Waals surface area contributed by atoms with Gasteiger partial charge in [0.1, 0.15) is 6.54 Å². The lowest BCUT2D eigenvalue weighted by Crippen LogP contribution is -2.36. The fourth-order valence-corrected chi connectivity index (χ4v) is 2.25. The number of nitrogens with one attached hydrogen (secondary N) is 1. The van der Waals surface area contributed by atoms with Gasteiger partial charge in [-0.1, -0.05) is 24.6 Å². The molecule has 3 rings (SSSR count). The van der Waals surface area contributed by atoms with E-state index in [9.17, 15) is 9.59 Å². The van der Waals surface area contributed by atoms with Crippen molar-refractivity contribution < 1.29 is 9.21 Å². The van der Waals surface area contributed by atoms with E-state index in [1.54, 1.807) is 12.1 Å². The molecule has 1 heterocycles. The lowest BCUT2D eigenvalue weighted by atomic mass is 9.85. The maximum atomic E-state index is 11.8. The number of hydrogen-bond acceptors (Lipinski definition) is 4. The van der Waals surface area contributed by atoms with Gasteiger partial charge in [0.25, 0.3) is 0 Å². The summed E-state index contributed by atoms with van der Waals surface area (Å²) in [5.74, 6) is -0.0141. The summed E-state index contributed by atoms with van der Waals surface area (Å²) in [6, 6.07) is 9.13. The standard InChI is InChI=1S/C15H17N3O3/c19-13(16-9-11-5-4-6-11)10-18-15(20)21-14(17-18)12-7-2-1-3-8-12/h1-3,7-8,11H,4-6,9-10H2,(H,16,19). The van der Waals surface area contributed by atoms with E-state index >= 15 is 0 Å². The second-order valence-corrected chi connectivity index (χ2v) is 5.30. The van der Waals surface area contributed by atoms with Crippen molar-refractivity contribution in [2.24, 2.45) is 5.92 Å². The van der Waals surface area contributed by atoms with Crippen LogP contribution in [0.3, 0.4) is 0 Å². The molecule has 1 saturated carbocycles. The van der Waals surface area contributed by atoms with Crippen molar-refractivity contribution in [2.45, 2.75) is 25.8 Å². The van der Waals surface area contributed by atoms with E-state index in [0.29, 0.717) is 18.0 Å². The van der Waals surface area contributed by atoms with Crippen molar-refractivity contribution in [1.29, 1.82) is 0 Å². The Bertz CT molecular complexity index is 671. The average molecular weight is 287 g/mol. The van der Waals surface area contributed by atoms with E-state index in [4.69, 9.17) is 4.42 Å². The smallest absolute Gasteiger partial charge is 0.388 e. The first-order chi connectivity index (χ1) is 10.2. The van der Waals surface area contributed by atoms with Crippen LogP contribution in [0.2, 0.25) is 0 Å². The molecule has 0 spiro atoms. The van der Waals surface area contributed by atoms with Crippen molar-refractivity contribution in [3.05, 3.63) is 40.9 Å². The Morgan fingerprint density at radius 2 is 2.10 bits per heavy atom. The van der Waals surface area contributed by atoms with Crippen LogP contribution in [-0.4, -0.2) is 22.2 Å². The zero-order chi connectivity index (χ0) is 14.7. The molecule has 1 N–H and O–H groups in total. The van der Waals surface area contributed by atoms with Gasteiger partial charge in [0.2, 0.25) is 11.8 Å². The maximum absolute atomic E-state index is 11.8. The predicted octanol–water partition coefficient (Wildman–Crippen LogP) is 1.42. The van der Waals surface area contributed by atoms with Gasteiger partial charge < -0.3 is 9.73 Å². The zero-order valence-corrected chi connectivity index (χ0v) is 11.6. The molecule has 1 fully saturated rings. The van der Waals surface area contributed by atoms with Crippen LogP contribution in [-0.2, 0) is 11.3 Å². The molecule has 2 aromatic rings. The Balaban J connectivity index is 1.64. The molecule has 0 aliphatic heterocycles. The van der Waals surface area contributed by atoms with E-state index in [0.717, 1.165) is 4.68 Å². The second-order valence-electron chi connectivity index (χ2n) is 5.30. The fourth-order valence-electron chi connectivity index (χ4n) is 2.25. The van der Waals surface area contributed by atoms with Crippen LogP contribution in [0.15, 0.2) is 39.5 Å². The minimum atomic E-state index is -0.618. The van der Waals surface area contributed by atoms with Crippen LogP contribution in [0, 0.1) is 5.92 Å². The third kappa shape index (κ3) is 3.21. The summed E-state index contributed by atoms with van der Waals surface area (Å²) in [6.07, 6.45) is 3.58. The number of benzene rings is 1. The Morgan fingerprint density at radius 1 is 1.33 bits per heavy atom. The number of amides is 1. The number of nitrogens with zero attached hydrogens (tertiary/aromatic N) is 2. The Hall–Kier alpha value is -2.37. The van der Waals surface area contributed by atoms with Crippen LogP contribution >= 0.6 is 0 Å². The first-order valence-electron chi connectivity index (χ1n) is 7.12. The van der Waals surface area contributed by atoms with Gasteiger partial charge in [-0.05, 0) is 30.9 Å². The predicted molar refractivity (Wildman–Crippen MR) is 76.5 cm³/mol. The highest BCUT2D eigenvalue weighted by atomic mass is 16.4. The quantitative estimate of drug-likeness (QED) is 0.902. The first kappa shape index (κ1) is 13.6. The van der Waals surface area contributed by atoms with Gasteiger partial charge in [-0.25, -0.2) is 4.79 Å². The molecule has 6 nitrogen and oxygen atoms in total. The monoisotopic (exact) mass is 287 g/mol. The zero-order valence-electron chi connectivity index (χ0n) is 11.6. The van der Waals surface area contributed by atoms with Crippen molar-refractivity contribution in [1.82, 2.24) is 15.1 Å². The number of aromatic nitrogens is 2. The summed E-state index contributed by atoms with van der Waals surface area (Å²) >= 11 is 0. The second kappa shape index (κ2) is 5.95. The molecule has 0 unspecified atom stereocenters. The van der Waals surface area contributed by atoms with Gasteiger partial charge >= 0.3 is 5.76 Å². The molecule has 110 valence electrons. The van der Waals surface area contributed by atoms with Gasteiger partial charge in [-0.15, -0.1) is 5.10 Å². The van der Waals surface area contributed by atoms with Gasteiger partial charge in [0, 0.05) is 12.1 Å². The molecular formula is C15H17N3O3. The minimum absolute atomic E-state index is 0.109. The molecule has 6 heteroatoms. The van der Waals surface area contributed by atoms with E-state index in [2.05, 4.69) is 10.4 Å². The molecule has 1 aliphatic rings. The molecule has 0 radical (unpaired) electrons. The van der Waals surface area contributed by atoms with Crippen molar-refractivity contribution in [3.63, 3.8) is 0 Å². The summed E-state index contributed by atoms with van der Waals surface area (Å²) in [5.41, 5.74) is 0.711. The van der Waals surface area contributed by atoms with Crippen LogP contribution in [0.5, 0.6) is 0 Å². The van der Waals surface area contributed by atoms with Crippen molar-refractivity contribution in [2.75, 3.05) is 6.54 Å². The lowest BCUT2D eigenvalue weighted by Gasteiger charge is -2.25. The van der Waals surface area contributed by atoms with E-state index in [-0.39, 0.29) is 18.3 Å². The number of rotatable bonds is 5. The van der Waals surface area contributed by atoms with Crippen molar-refractivity contribution in [3.8, 4) is 11.5 Å². The Labute approximate surface area is 121 Å². The van der Waals surface area contributed by atoms with Gasteiger partial charge in [0.05, 0.1) is 0 Å². The SMILES string of the molecule is O=C(Cn1nc(-c2ccccc2)oc1=O)NCC1CCC1. The highest BCUT2D eigenvalue weighted by molar-refractivity contribution is 5.75. The van der Waals surface area contributed by atoms with Gasteiger partial charge in [0.15, 0.2) is 0 Å². The van der Waals surface area contributed by atoms with Crippen LogP contribution < -0.4 is 11.1 Å². The summed E-state index contributed by atoms with van der Waals surface area (Å²) in [6.45, 7) is 0.568. The van der Waals surface area contributed by atoms with Crippen molar-refractivity contribution >= 4 is 5.91 Å². The summed E-state index contributed by atoms with van der Waals surface area (Å²) in [5, 5.41) is 6.89. The summed E-state index contributed by atoms with van der Waals surface area (Å²) < 4.78 is 6.13. The molecule has 0 bridgehead atoms. The first-order valence-corrected chi connectivity index (χ1v) is 7.12. The van der Waals surface area contributed by atoms with Crippen LogP contribution in [0.25, 0.3) is 11.5 Å². The van der Waals surface area contributed by atoms with E-state index in [1.807, 2.05) is 18.2 Å². The highest BCUT2D eigenvalue weighted by Crippen LogP contribution is 2.25. The maximum Gasteiger partial charge on any atom is 0.437 e. The molecular weight excluding hydrogens is 270 g/mol. The van der Waals surface area contributed by atoms with Crippen LogP contribution in [0.1, 0.15) is 19.3 Å². The molecule has 0 atom stereocenters. The fraction of sp³-hybridized carbons (Fsp3) is 0.400. The summed E-state index contributed by atoms with van der Waals surface area (Å²) in [7, 11) is 0. The number of hydrogen-bond donors (Lipinski definition) is 1. The molecule has 1 amide bonds. The van der Waals surface area contributed by atoms with E-state index in [1.165, 1.54) is 19.3 Å². The topological polar surface area (TPSA) is 77.1 Å². The average Bonchev–Trinajstić information content (AvgIpc) is 2.79. The highest BCUT2D eigenvalue weighted by Gasteiger charge is 2.18. The molecule has 1 aliphatic carbocycles. The Morgan fingerprint density at radius 3 is 2.76 bits per heavy atom. The third-order valence-corrected chi connectivity index (χ3v) is 3.73. The molecule has 0 saturated heterocycles. The number of carbonyl (C=O) groups excluding carboxylic acids is 1. The number of carbonyl (C=O) groups is 1. The van der Waals surface area contributed by atoms with Gasteiger partial charge in [-0.3, -0.25) is 4.79 Å². The lowest BCUT2D eigenvalue weighted by molar-refractivity contribution is -0.122. The Kier molecular flexibility index (Phi) is 3.85. The minimum Gasteiger partial charge on any atom is -0.388 e. The largest absolute Gasteiger partial charge is 0.437 e. The summed E-state index contributed by atoms with van der Waals surface area (Å²) in [4.78, 5) is 23.5. The molecule has 21 heavy (non-hydrogen) atoms. The molecule has 1 aromatic heterocycles. The molecule has 1 aromatic carbocycles. The third-order valence-electron chi connectivity index (χ3n) is 3.73. The van der Waals surface area contributed by atoms with Crippen LogP contribution in [0.4, 0.5) is 0 Å². The van der Waals surface area contributed by atoms with Gasteiger partial charge in [-0.2, -0.15) is 4.68 Å². The normalized spacial score (nSPS) is 14.7.